The number of carbonyl (C=O) groups is 1. The fourth-order valence-electron chi connectivity index (χ4n) is 2.89. The molecule has 0 aromatic rings. The number of carbonyl (C=O) groups excluding carboxylic acids is 1. The van der Waals surface area contributed by atoms with Gasteiger partial charge in [-0.2, -0.15) is 0 Å². The highest BCUT2D eigenvalue weighted by molar-refractivity contribution is 5.68. The van der Waals surface area contributed by atoms with E-state index in [-0.39, 0.29) is 17.9 Å². The summed E-state index contributed by atoms with van der Waals surface area (Å²) in [5.74, 6) is 0. The summed E-state index contributed by atoms with van der Waals surface area (Å²) in [5.41, 5.74) is -0.645. The third kappa shape index (κ3) is 3.39. The maximum Gasteiger partial charge on any atom is 0.410 e. The molecule has 0 unspecified atom stereocenters. The molecular weight excluding hydrogens is 244 g/mol. The van der Waals surface area contributed by atoms with E-state index >= 15 is 0 Å². The van der Waals surface area contributed by atoms with Crippen LogP contribution in [0.4, 0.5) is 4.79 Å². The van der Waals surface area contributed by atoms with E-state index in [0.717, 1.165) is 25.8 Å². The summed E-state index contributed by atoms with van der Waals surface area (Å²) in [7, 11) is 0. The SMILES string of the molecule is CCN(C(=O)OC(C)(C)C)[C@H]1CO[C@]2(CCCN2)C1. The summed E-state index contributed by atoms with van der Waals surface area (Å²) >= 11 is 0. The van der Waals surface area contributed by atoms with Gasteiger partial charge < -0.3 is 14.4 Å². The molecule has 5 nitrogen and oxygen atoms in total. The zero-order valence-corrected chi connectivity index (χ0v) is 12.5. The van der Waals surface area contributed by atoms with Crippen LogP contribution >= 0.6 is 0 Å². The van der Waals surface area contributed by atoms with E-state index in [1.807, 2.05) is 27.7 Å². The molecule has 2 heterocycles. The van der Waals surface area contributed by atoms with E-state index in [9.17, 15) is 4.79 Å². The first-order chi connectivity index (χ1) is 8.85. The first-order valence-electron chi connectivity index (χ1n) is 7.24. The van der Waals surface area contributed by atoms with Gasteiger partial charge in [-0.3, -0.25) is 5.32 Å². The molecule has 0 radical (unpaired) electrons. The second-order valence-corrected chi connectivity index (χ2v) is 6.46. The highest BCUT2D eigenvalue weighted by Crippen LogP contribution is 2.34. The number of ether oxygens (including phenoxy) is 2. The van der Waals surface area contributed by atoms with Crippen molar-refractivity contribution in [1.82, 2.24) is 10.2 Å². The molecule has 2 aliphatic heterocycles. The quantitative estimate of drug-likeness (QED) is 0.835. The average molecular weight is 270 g/mol. The van der Waals surface area contributed by atoms with Crippen molar-refractivity contribution in [3.63, 3.8) is 0 Å². The molecule has 19 heavy (non-hydrogen) atoms. The molecule has 1 amide bonds. The van der Waals surface area contributed by atoms with Crippen LogP contribution in [0.1, 0.15) is 47.0 Å². The summed E-state index contributed by atoms with van der Waals surface area (Å²) in [4.78, 5) is 14.0. The van der Waals surface area contributed by atoms with Crippen molar-refractivity contribution in [1.29, 1.82) is 0 Å². The normalized spacial score (nSPS) is 30.8. The lowest BCUT2D eigenvalue weighted by Crippen LogP contribution is -2.45. The van der Waals surface area contributed by atoms with Crippen LogP contribution in [0.2, 0.25) is 0 Å². The third-order valence-corrected chi connectivity index (χ3v) is 3.73. The molecule has 0 aliphatic carbocycles. The Labute approximate surface area is 115 Å². The predicted octanol–water partition coefficient (Wildman–Crippen LogP) is 2.11. The lowest BCUT2D eigenvalue weighted by Gasteiger charge is -2.30. The van der Waals surface area contributed by atoms with Crippen molar-refractivity contribution in [2.75, 3.05) is 19.7 Å². The number of amides is 1. The third-order valence-electron chi connectivity index (χ3n) is 3.73. The van der Waals surface area contributed by atoms with Crippen LogP contribution in [0.3, 0.4) is 0 Å². The van der Waals surface area contributed by atoms with E-state index in [1.165, 1.54) is 0 Å². The molecule has 5 heteroatoms. The Kier molecular flexibility index (Phi) is 4.06. The van der Waals surface area contributed by atoms with Crippen LogP contribution in [0.25, 0.3) is 0 Å². The molecule has 110 valence electrons. The van der Waals surface area contributed by atoms with Crippen molar-refractivity contribution >= 4 is 6.09 Å². The van der Waals surface area contributed by atoms with Gasteiger partial charge in [0.15, 0.2) is 0 Å². The van der Waals surface area contributed by atoms with E-state index < -0.39 is 5.60 Å². The maximum absolute atomic E-state index is 12.2. The lowest BCUT2D eigenvalue weighted by molar-refractivity contribution is -0.0113. The van der Waals surface area contributed by atoms with Crippen molar-refractivity contribution < 1.29 is 14.3 Å². The molecule has 1 spiro atoms. The van der Waals surface area contributed by atoms with Gasteiger partial charge in [-0.05, 0) is 47.1 Å². The van der Waals surface area contributed by atoms with Crippen molar-refractivity contribution in [2.45, 2.75) is 64.3 Å². The van der Waals surface area contributed by atoms with Gasteiger partial charge in [0.25, 0.3) is 0 Å². The molecule has 2 saturated heterocycles. The first kappa shape index (κ1) is 14.6. The maximum atomic E-state index is 12.2. The van der Waals surface area contributed by atoms with Crippen LogP contribution in [-0.2, 0) is 9.47 Å². The molecule has 0 saturated carbocycles. The molecule has 0 aromatic heterocycles. The monoisotopic (exact) mass is 270 g/mol. The summed E-state index contributed by atoms with van der Waals surface area (Å²) in [5, 5.41) is 3.43. The Hall–Kier alpha value is -0.810. The van der Waals surface area contributed by atoms with E-state index in [0.29, 0.717) is 13.2 Å². The topological polar surface area (TPSA) is 50.8 Å². The van der Waals surface area contributed by atoms with Gasteiger partial charge in [0.2, 0.25) is 0 Å². The minimum absolute atomic E-state index is 0.116. The van der Waals surface area contributed by atoms with Gasteiger partial charge in [-0.1, -0.05) is 0 Å². The molecule has 2 atom stereocenters. The lowest BCUT2D eigenvalue weighted by atomic mass is 10.0. The molecule has 2 fully saturated rings. The number of nitrogens with zero attached hydrogens (tertiary/aromatic N) is 1. The minimum atomic E-state index is -0.451. The highest BCUT2D eigenvalue weighted by Gasteiger charge is 2.45. The van der Waals surface area contributed by atoms with Crippen molar-refractivity contribution in [3.8, 4) is 0 Å². The van der Waals surface area contributed by atoms with Crippen LogP contribution in [0.5, 0.6) is 0 Å². The molecular formula is C14H26N2O3. The summed E-state index contributed by atoms with van der Waals surface area (Å²) in [6.45, 7) is 9.92. The van der Waals surface area contributed by atoms with Crippen LogP contribution < -0.4 is 5.32 Å². The Morgan fingerprint density at radius 1 is 1.53 bits per heavy atom. The Morgan fingerprint density at radius 2 is 2.26 bits per heavy atom. The molecule has 2 aliphatic rings. The van der Waals surface area contributed by atoms with Crippen LogP contribution in [-0.4, -0.2) is 48.1 Å². The standard InChI is InChI=1S/C14H26N2O3/c1-5-16(12(17)19-13(2,3)4)11-9-14(18-10-11)7-6-8-15-14/h11,15H,5-10H2,1-4H3/t11-,14-/m1/s1. The number of hydrogen-bond acceptors (Lipinski definition) is 4. The van der Waals surface area contributed by atoms with Crippen LogP contribution in [0, 0.1) is 0 Å². The fourth-order valence-corrected chi connectivity index (χ4v) is 2.89. The Bertz CT molecular complexity index is 332. The number of nitrogens with one attached hydrogen (secondary N) is 1. The van der Waals surface area contributed by atoms with Crippen molar-refractivity contribution in [3.05, 3.63) is 0 Å². The molecule has 0 bridgehead atoms. The van der Waals surface area contributed by atoms with Gasteiger partial charge in [-0.25, -0.2) is 4.79 Å². The Morgan fingerprint density at radius 3 is 2.79 bits per heavy atom. The minimum Gasteiger partial charge on any atom is -0.444 e. The predicted molar refractivity (Wildman–Crippen MR) is 72.9 cm³/mol. The summed E-state index contributed by atoms with van der Waals surface area (Å²) < 4.78 is 11.4. The van der Waals surface area contributed by atoms with Gasteiger partial charge in [0.05, 0.1) is 12.6 Å². The molecule has 0 aromatic carbocycles. The van der Waals surface area contributed by atoms with Gasteiger partial charge in [-0.15, -0.1) is 0 Å². The van der Waals surface area contributed by atoms with E-state index in [1.54, 1.807) is 4.90 Å². The van der Waals surface area contributed by atoms with Crippen molar-refractivity contribution in [2.24, 2.45) is 0 Å². The number of rotatable bonds is 2. The van der Waals surface area contributed by atoms with E-state index in [4.69, 9.17) is 9.47 Å². The van der Waals surface area contributed by atoms with E-state index in [2.05, 4.69) is 5.32 Å². The molecule has 2 rings (SSSR count). The van der Waals surface area contributed by atoms with Gasteiger partial charge in [0, 0.05) is 13.0 Å². The van der Waals surface area contributed by atoms with Crippen LogP contribution in [0.15, 0.2) is 0 Å². The van der Waals surface area contributed by atoms with Gasteiger partial charge >= 0.3 is 6.09 Å². The highest BCUT2D eigenvalue weighted by atomic mass is 16.6. The smallest absolute Gasteiger partial charge is 0.410 e. The second kappa shape index (κ2) is 5.29. The summed E-state index contributed by atoms with van der Waals surface area (Å²) in [6, 6.07) is 0.116. The first-order valence-corrected chi connectivity index (χ1v) is 7.24. The zero-order chi connectivity index (χ0) is 14.1. The Balaban J connectivity index is 1.97. The fraction of sp³-hybridized carbons (Fsp3) is 0.929. The zero-order valence-electron chi connectivity index (χ0n) is 12.5. The summed E-state index contributed by atoms with van der Waals surface area (Å²) in [6.07, 6.45) is 2.81. The second-order valence-electron chi connectivity index (χ2n) is 6.46. The largest absolute Gasteiger partial charge is 0.444 e. The molecule has 1 N–H and O–H groups in total. The van der Waals surface area contributed by atoms with Gasteiger partial charge in [0.1, 0.15) is 11.3 Å². The number of likely N-dealkylation sites (N-methyl/N-ethyl adjacent to an activating group) is 1. The average Bonchev–Trinajstić information content (AvgIpc) is 2.89. The number of hydrogen-bond donors (Lipinski definition) is 1.